The van der Waals surface area contributed by atoms with Gasteiger partial charge in [0.1, 0.15) is 0 Å². The predicted molar refractivity (Wildman–Crippen MR) is 100 cm³/mol. The van der Waals surface area contributed by atoms with Crippen LogP contribution < -0.4 is 10.7 Å². The summed E-state index contributed by atoms with van der Waals surface area (Å²) in [6.45, 7) is 1.97. The fraction of sp³-hybridized carbons (Fsp3) is 0.263. The van der Waals surface area contributed by atoms with Crippen molar-refractivity contribution < 1.29 is 24.6 Å². The molecule has 1 aliphatic carbocycles. The summed E-state index contributed by atoms with van der Waals surface area (Å²) in [7, 11) is 0. The monoisotopic (exact) mass is 371 g/mol. The molecule has 0 spiro atoms. The van der Waals surface area contributed by atoms with E-state index in [0.717, 1.165) is 11.3 Å². The molecule has 4 N–H and O–H groups in total. The van der Waals surface area contributed by atoms with Crippen LogP contribution in [0.4, 0.5) is 5.69 Å². The van der Waals surface area contributed by atoms with Crippen LogP contribution in [-0.4, -0.2) is 34.3 Å². The number of carboxylic acids is 2. The van der Waals surface area contributed by atoms with Crippen LogP contribution >= 0.6 is 0 Å². The minimum atomic E-state index is -1.08. The van der Waals surface area contributed by atoms with Crippen LogP contribution in [0.2, 0.25) is 0 Å². The van der Waals surface area contributed by atoms with Gasteiger partial charge < -0.3 is 15.9 Å². The standard InChI is InChI=1S/C10H11N3O.C9H10O4/c11-7-8-2-1-3-9(6-8)13-10(14)4-5-12-13;1-9(8(12)13)4-2-3-6(5-9)7(10)11/h1-3,5-6H,4,7,11H2;2-4H,5H2,1H3,(H,10,11)(H,12,13). The van der Waals surface area contributed by atoms with E-state index in [1.807, 2.05) is 24.3 Å². The second-order valence-electron chi connectivity index (χ2n) is 6.34. The van der Waals surface area contributed by atoms with Crippen LogP contribution in [0, 0.1) is 5.41 Å². The molecular weight excluding hydrogens is 350 g/mol. The number of hydrogen-bond acceptors (Lipinski definition) is 5. The molecule has 0 bridgehead atoms. The van der Waals surface area contributed by atoms with Gasteiger partial charge in [0.25, 0.3) is 5.91 Å². The number of benzene rings is 1. The number of carboxylic acid groups (broad SMARTS) is 2. The minimum absolute atomic E-state index is 0.000767. The zero-order valence-electron chi connectivity index (χ0n) is 14.8. The van der Waals surface area contributed by atoms with Gasteiger partial charge in [-0.25, -0.2) is 9.80 Å². The Morgan fingerprint density at radius 1 is 1.33 bits per heavy atom. The normalized spacial score (nSPS) is 20.7. The SMILES string of the molecule is CC1(C(=O)O)C=CC=C(C(=O)O)C1.NCc1cccc(N2N=CCC2=O)c1. The molecule has 1 aliphatic heterocycles. The van der Waals surface area contributed by atoms with Gasteiger partial charge in [0.15, 0.2) is 0 Å². The number of rotatable bonds is 4. The lowest BCUT2D eigenvalue weighted by Gasteiger charge is -2.23. The summed E-state index contributed by atoms with van der Waals surface area (Å²) < 4.78 is 0. The van der Waals surface area contributed by atoms with Crippen molar-refractivity contribution in [1.29, 1.82) is 0 Å². The van der Waals surface area contributed by atoms with E-state index < -0.39 is 17.4 Å². The highest BCUT2D eigenvalue weighted by Gasteiger charge is 2.34. The molecule has 1 amide bonds. The highest BCUT2D eigenvalue weighted by Crippen LogP contribution is 2.31. The Labute approximate surface area is 156 Å². The van der Waals surface area contributed by atoms with Gasteiger partial charge in [0, 0.05) is 18.3 Å². The van der Waals surface area contributed by atoms with E-state index in [9.17, 15) is 14.4 Å². The Morgan fingerprint density at radius 2 is 2.07 bits per heavy atom. The maximum Gasteiger partial charge on any atom is 0.331 e. The molecule has 1 heterocycles. The van der Waals surface area contributed by atoms with Crippen LogP contribution in [0.25, 0.3) is 0 Å². The van der Waals surface area contributed by atoms with Gasteiger partial charge >= 0.3 is 11.9 Å². The third-order valence-electron chi connectivity index (χ3n) is 4.17. The molecule has 0 saturated heterocycles. The minimum Gasteiger partial charge on any atom is -0.481 e. The molecule has 1 aromatic carbocycles. The van der Waals surface area contributed by atoms with E-state index in [1.165, 1.54) is 30.2 Å². The van der Waals surface area contributed by atoms with Gasteiger partial charge in [0.05, 0.1) is 17.5 Å². The summed E-state index contributed by atoms with van der Waals surface area (Å²) in [4.78, 5) is 32.7. The van der Waals surface area contributed by atoms with Gasteiger partial charge in [-0.2, -0.15) is 5.10 Å². The number of hydrazone groups is 1. The molecule has 0 fully saturated rings. The van der Waals surface area contributed by atoms with Crippen LogP contribution in [0.15, 0.2) is 53.2 Å². The lowest BCUT2D eigenvalue weighted by molar-refractivity contribution is -0.145. The van der Waals surface area contributed by atoms with Crippen LogP contribution in [0.3, 0.4) is 0 Å². The van der Waals surface area contributed by atoms with Gasteiger partial charge in [-0.1, -0.05) is 30.4 Å². The third kappa shape index (κ3) is 4.89. The first-order valence-electron chi connectivity index (χ1n) is 8.26. The van der Waals surface area contributed by atoms with Crippen LogP contribution in [0.1, 0.15) is 25.3 Å². The lowest BCUT2D eigenvalue weighted by atomic mass is 9.80. The lowest BCUT2D eigenvalue weighted by Crippen LogP contribution is -2.28. The largest absolute Gasteiger partial charge is 0.481 e. The third-order valence-corrected chi connectivity index (χ3v) is 4.17. The van der Waals surface area contributed by atoms with Crippen molar-refractivity contribution in [1.82, 2.24) is 0 Å². The number of hydrogen-bond donors (Lipinski definition) is 3. The molecule has 3 rings (SSSR count). The summed E-state index contributed by atoms with van der Waals surface area (Å²) in [5.41, 5.74) is 6.34. The fourth-order valence-electron chi connectivity index (χ4n) is 2.56. The molecule has 2 aliphatic rings. The average Bonchev–Trinajstić information content (AvgIpc) is 3.08. The first kappa shape index (κ1) is 20.1. The number of carbonyl (C=O) groups is 3. The Bertz CT molecular complexity index is 844. The smallest absolute Gasteiger partial charge is 0.331 e. The van der Waals surface area contributed by atoms with Crippen molar-refractivity contribution in [3.05, 3.63) is 53.6 Å². The first-order chi connectivity index (χ1) is 12.8. The Balaban J connectivity index is 0.000000194. The van der Waals surface area contributed by atoms with Crippen molar-refractivity contribution >= 4 is 29.7 Å². The summed E-state index contributed by atoms with van der Waals surface area (Å²) in [5.74, 6) is -2.06. The molecule has 1 aromatic rings. The van der Waals surface area contributed by atoms with Crippen molar-refractivity contribution in [3.63, 3.8) is 0 Å². The van der Waals surface area contributed by atoms with E-state index in [0.29, 0.717) is 13.0 Å². The van der Waals surface area contributed by atoms with Gasteiger partial charge in [-0.05, 0) is 31.0 Å². The van der Waals surface area contributed by atoms with E-state index in [-0.39, 0.29) is 17.9 Å². The molecule has 142 valence electrons. The van der Waals surface area contributed by atoms with Crippen LogP contribution in [0.5, 0.6) is 0 Å². The number of allylic oxidation sites excluding steroid dienone is 2. The fourth-order valence-corrected chi connectivity index (χ4v) is 2.56. The van der Waals surface area contributed by atoms with Gasteiger partial charge in [-0.3, -0.25) is 9.59 Å². The number of nitrogens with two attached hydrogens (primary N) is 1. The quantitative estimate of drug-likeness (QED) is 0.740. The second-order valence-corrected chi connectivity index (χ2v) is 6.34. The van der Waals surface area contributed by atoms with Crippen molar-refractivity contribution in [2.75, 3.05) is 5.01 Å². The number of aliphatic carboxylic acids is 2. The molecule has 1 atom stereocenters. The summed E-state index contributed by atoms with van der Waals surface area (Å²) in [6.07, 6.45) is 6.42. The molecule has 8 heteroatoms. The Hall–Kier alpha value is -3.26. The second kappa shape index (κ2) is 8.41. The number of anilines is 1. The van der Waals surface area contributed by atoms with E-state index in [1.54, 1.807) is 6.21 Å². The van der Waals surface area contributed by atoms with Gasteiger partial charge in [0.2, 0.25) is 0 Å². The Morgan fingerprint density at radius 3 is 2.63 bits per heavy atom. The topological polar surface area (TPSA) is 133 Å². The number of amides is 1. The molecule has 1 unspecified atom stereocenters. The zero-order chi connectivity index (χ0) is 20.0. The maximum absolute atomic E-state index is 11.3. The first-order valence-corrected chi connectivity index (χ1v) is 8.26. The van der Waals surface area contributed by atoms with Gasteiger partial charge in [-0.15, -0.1) is 0 Å². The molecule has 0 radical (unpaired) electrons. The summed E-state index contributed by atoms with van der Waals surface area (Å²) >= 11 is 0. The van der Waals surface area contributed by atoms with E-state index >= 15 is 0 Å². The van der Waals surface area contributed by atoms with E-state index in [2.05, 4.69) is 5.10 Å². The summed E-state index contributed by atoms with van der Waals surface area (Å²) in [6, 6.07) is 7.52. The van der Waals surface area contributed by atoms with Crippen LogP contribution in [-0.2, 0) is 20.9 Å². The number of carbonyl (C=O) groups excluding carboxylic acids is 1. The molecular formula is C19H21N3O5. The predicted octanol–water partition coefficient (Wildman–Crippen LogP) is 1.92. The molecule has 27 heavy (non-hydrogen) atoms. The van der Waals surface area contributed by atoms with Crippen molar-refractivity contribution in [2.24, 2.45) is 16.3 Å². The Kier molecular flexibility index (Phi) is 6.25. The van der Waals surface area contributed by atoms with Crippen molar-refractivity contribution in [3.8, 4) is 0 Å². The van der Waals surface area contributed by atoms with Crippen molar-refractivity contribution in [2.45, 2.75) is 26.3 Å². The molecule has 8 nitrogen and oxygen atoms in total. The highest BCUT2D eigenvalue weighted by molar-refractivity contribution is 6.05. The number of nitrogens with zero attached hydrogens (tertiary/aromatic N) is 2. The average molecular weight is 371 g/mol. The highest BCUT2D eigenvalue weighted by atomic mass is 16.4. The maximum atomic E-state index is 11.3. The molecule has 0 saturated carbocycles. The molecule has 0 aromatic heterocycles. The zero-order valence-corrected chi connectivity index (χ0v) is 14.8. The summed E-state index contributed by atoms with van der Waals surface area (Å²) in [5, 5.41) is 22.9. The van der Waals surface area contributed by atoms with E-state index in [4.69, 9.17) is 15.9 Å².